The largest absolute Gasteiger partial charge is 0.465 e. The van der Waals surface area contributed by atoms with E-state index >= 15 is 0 Å². The highest BCUT2D eigenvalue weighted by Gasteiger charge is 2.44. The van der Waals surface area contributed by atoms with Gasteiger partial charge in [0, 0.05) is 30.2 Å². The Morgan fingerprint density at radius 1 is 1.33 bits per heavy atom. The summed E-state index contributed by atoms with van der Waals surface area (Å²) in [4.78, 5) is 51.2. The lowest BCUT2D eigenvalue weighted by atomic mass is 9.92. The van der Waals surface area contributed by atoms with Gasteiger partial charge in [0.25, 0.3) is 5.91 Å². The van der Waals surface area contributed by atoms with E-state index in [1.807, 2.05) is 6.92 Å². The van der Waals surface area contributed by atoms with Crippen LogP contribution in [0.1, 0.15) is 12.0 Å². The third-order valence-electron chi connectivity index (χ3n) is 4.56. The highest BCUT2D eigenvalue weighted by atomic mass is 35.5. The number of piperazine rings is 1. The Morgan fingerprint density at radius 2 is 2.07 bits per heavy atom. The summed E-state index contributed by atoms with van der Waals surface area (Å²) in [5.41, 5.74) is 0.882. The lowest BCUT2D eigenvalue weighted by Crippen LogP contribution is -2.57. The van der Waals surface area contributed by atoms with Gasteiger partial charge in [-0.1, -0.05) is 17.7 Å². The quantitative estimate of drug-likeness (QED) is 0.583. The van der Waals surface area contributed by atoms with Crippen LogP contribution in [0, 0.1) is 6.92 Å². The van der Waals surface area contributed by atoms with Crippen molar-refractivity contribution in [3.63, 3.8) is 0 Å². The number of aryl methyl sites for hydroxylation is 1. The maximum atomic E-state index is 12.9. The number of halogens is 1. The maximum absolute atomic E-state index is 12.9. The van der Waals surface area contributed by atoms with Crippen molar-refractivity contribution in [3.05, 3.63) is 40.1 Å². The van der Waals surface area contributed by atoms with Gasteiger partial charge in [0.2, 0.25) is 5.91 Å². The molecule has 3 rings (SSSR count). The molecule has 27 heavy (non-hydrogen) atoms. The van der Waals surface area contributed by atoms with Gasteiger partial charge in [-0.3, -0.25) is 14.4 Å². The first-order chi connectivity index (χ1) is 12.8. The van der Waals surface area contributed by atoms with Gasteiger partial charge in [0.1, 0.15) is 17.3 Å². The summed E-state index contributed by atoms with van der Waals surface area (Å²) in [6.45, 7) is 2.40. The number of nitrogens with zero attached hydrogens (tertiary/aromatic N) is 1. The number of methoxy groups -OCH3 is 1. The normalized spacial score (nSPS) is 19.4. The van der Waals surface area contributed by atoms with Crippen LogP contribution in [0.25, 0.3) is 0 Å². The second-order valence-corrected chi connectivity index (χ2v) is 6.69. The van der Waals surface area contributed by atoms with Crippen LogP contribution < -0.4 is 10.6 Å². The van der Waals surface area contributed by atoms with Crippen LogP contribution in [0.3, 0.4) is 0 Å². The molecule has 1 aromatic rings. The third kappa shape index (κ3) is 3.52. The van der Waals surface area contributed by atoms with Gasteiger partial charge in [-0.05, 0) is 24.6 Å². The molecule has 2 heterocycles. The fraction of sp³-hybridized carbons (Fsp3) is 0.333. The number of hydrogen-bond acceptors (Lipinski definition) is 6. The van der Waals surface area contributed by atoms with Gasteiger partial charge in [0.05, 0.1) is 7.11 Å². The first kappa shape index (κ1) is 18.9. The number of benzene rings is 1. The molecule has 0 saturated carbocycles. The number of amides is 2. The Hall–Kier alpha value is -2.87. The molecule has 0 aromatic heterocycles. The van der Waals surface area contributed by atoms with E-state index in [0.717, 1.165) is 12.7 Å². The van der Waals surface area contributed by atoms with E-state index < -0.39 is 29.6 Å². The Bertz CT molecular complexity index is 880. The monoisotopic (exact) mass is 391 g/mol. The number of carbonyl (C=O) groups excluding carboxylic acids is 4. The lowest BCUT2D eigenvalue weighted by Gasteiger charge is -2.40. The second-order valence-electron chi connectivity index (χ2n) is 6.26. The lowest BCUT2D eigenvalue weighted by molar-refractivity contribution is -0.141. The molecule has 0 bridgehead atoms. The van der Waals surface area contributed by atoms with E-state index in [-0.39, 0.29) is 17.7 Å². The number of anilines is 1. The predicted molar refractivity (Wildman–Crippen MR) is 97.0 cm³/mol. The van der Waals surface area contributed by atoms with Gasteiger partial charge in [-0.2, -0.15) is 0 Å². The van der Waals surface area contributed by atoms with Crippen LogP contribution in [-0.2, 0) is 23.9 Å². The van der Waals surface area contributed by atoms with E-state index in [0.29, 0.717) is 23.8 Å². The van der Waals surface area contributed by atoms with Crippen molar-refractivity contribution in [1.29, 1.82) is 0 Å². The molecule has 142 valence electrons. The molecule has 8 nitrogen and oxygen atoms in total. The Kier molecular flexibility index (Phi) is 5.18. The summed E-state index contributed by atoms with van der Waals surface area (Å²) in [5.74, 6) is -2.52. The van der Waals surface area contributed by atoms with Gasteiger partial charge in [0.15, 0.2) is 5.78 Å². The van der Waals surface area contributed by atoms with E-state index in [2.05, 4.69) is 15.4 Å². The number of nitrogens with one attached hydrogen (secondary N) is 2. The van der Waals surface area contributed by atoms with E-state index in [1.54, 1.807) is 18.2 Å². The van der Waals surface area contributed by atoms with Crippen molar-refractivity contribution in [2.24, 2.45) is 0 Å². The van der Waals surface area contributed by atoms with Crippen molar-refractivity contribution >= 4 is 40.9 Å². The summed E-state index contributed by atoms with van der Waals surface area (Å²) in [5, 5.41) is 5.81. The van der Waals surface area contributed by atoms with Crippen molar-refractivity contribution in [1.82, 2.24) is 10.2 Å². The van der Waals surface area contributed by atoms with Gasteiger partial charge >= 0.3 is 5.97 Å². The number of hydrogen-bond donors (Lipinski definition) is 2. The molecule has 0 aliphatic carbocycles. The number of ether oxygens (including phenoxy) is 1. The number of fused-ring (bicyclic) bond motifs is 1. The summed E-state index contributed by atoms with van der Waals surface area (Å²) in [6.07, 6.45) is -0.230. The SMILES string of the molecule is COC(=O)C1=C2C(=O)NCCN2[C@H](C(=O)Nc2cc(Cl)ccc2C)CC1=O. The fourth-order valence-corrected chi connectivity index (χ4v) is 3.37. The number of ketones is 1. The number of carbonyl (C=O) groups is 4. The summed E-state index contributed by atoms with van der Waals surface area (Å²) < 4.78 is 4.64. The molecule has 2 aliphatic rings. The van der Waals surface area contributed by atoms with Gasteiger partial charge in [-0.15, -0.1) is 0 Å². The van der Waals surface area contributed by atoms with Crippen LogP contribution in [0.2, 0.25) is 5.02 Å². The van der Waals surface area contributed by atoms with E-state index in [9.17, 15) is 19.2 Å². The van der Waals surface area contributed by atoms with Crippen LogP contribution >= 0.6 is 11.6 Å². The van der Waals surface area contributed by atoms with Crippen LogP contribution in [0.4, 0.5) is 5.69 Å². The van der Waals surface area contributed by atoms with Crippen molar-refractivity contribution < 1.29 is 23.9 Å². The van der Waals surface area contributed by atoms with Crippen molar-refractivity contribution in [2.75, 3.05) is 25.5 Å². The first-order valence-corrected chi connectivity index (χ1v) is 8.69. The minimum atomic E-state index is -0.912. The summed E-state index contributed by atoms with van der Waals surface area (Å²) in [6, 6.07) is 4.16. The minimum Gasteiger partial charge on any atom is -0.465 e. The highest BCUT2D eigenvalue weighted by molar-refractivity contribution is 6.31. The van der Waals surface area contributed by atoms with Gasteiger partial charge < -0.3 is 20.3 Å². The van der Waals surface area contributed by atoms with Crippen molar-refractivity contribution in [3.8, 4) is 0 Å². The number of esters is 1. The summed E-state index contributed by atoms with van der Waals surface area (Å²) in [7, 11) is 1.13. The molecule has 1 fully saturated rings. The van der Waals surface area contributed by atoms with Crippen LogP contribution in [-0.4, -0.2) is 54.7 Å². The topological polar surface area (TPSA) is 105 Å². The second kappa shape index (κ2) is 7.40. The Balaban J connectivity index is 1.95. The summed E-state index contributed by atoms with van der Waals surface area (Å²) >= 11 is 5.98. The standard InChI is InChI=1S/C18H18ClN3O5/c1-9-3-4-10(19)7-11(9)21-16(24)12-8-13(23)14(18(26)27-2)15-17(25)20-5-6-22(12)15/h3-4,7,12H,5-6,8H2,1-2H3,(H,20,25)(H,21,24)/t12-/m0/s1. The Morgan fingerprint density at radius 3 is 2.78 bits per heavy atom. The molecule has 1 atom stereocenters. The molecule has 1 saturated heterocycles. The minimum absolute atomic E-state index is 0.118. The number of rotatable bonds is 3. The fourth-order valence-electron chi connectivity index (χ4n) is 3.20. The zero-order chi connectivity index (χ0) is 19.7. The zero-order valence-corrected chi connectivity index (χ0v) is 15.6. The molecule has 1 aromatic carbocycles. The number of Topliss-reactive ketones (excluding diaryl/α,β-unsaturated/α-hetero) is 1. The molecule has 0 spiro atoms. The van der Waals surface area contributed by atoms with Crippen LogP contribution in [0.15, 0.2) is 29.5 Å². The maximum Gasteiger partial charge on any atom is 0.343 e. The zero-order valence-electron chi connectivity index (χ0n) is 14.8. The van der Waals surface area contributed by atoms with Gasteiger partial charge in [-0.25, -0.2) is 4.79 Å². The molecule has 2 aliphatic heterocycles. The van der Waals surface area contributed by atoms with Crippen molar-refractivity contribution in [2.45, 2.75) is 19.4 Å². The molecular formula is C18H18ClN3O5. The average Bonchev–Trinajstić information content (AvgIpc) is 2.64. The third-order valence-corrected chi connectivity index (χ3v) is 4.80. The van der Waals surface area contributed by atoms with Crippen LogP contribution in [0.5, 0.6) is 0 Å². The van der Waals surface area contributed by atoms with E-state index in [4.69, 9.17) is 11.6 Å². The smallest absolute Gasteiger partial charge is 0.343 e. The predicted octanol–water partition coefficient (Wildman–Crippen LogP) is 0.787. The molecule has 2 N–H and O–H groups in total. The molecule has 9 heteroatoms. The average molecular weight is 392 g/mol. The Labute approximate surface area is 160 Å². The highest BCUT2D eigenvalue weighted by Crippen LogP contribution is 2.29. The molecule has 2 amide bonds. The van der Waals surface area contributed by atoms with E-state index in [1.165, 1.54) is 4.90 Å². The molecular weight excluding hydrogens is 374 g/mol. The molecule has 0 radical (unpaired) electrons. The molecule has 0 unspecified atom stereocenters. The first-order valence-electron chi connectivity index (χ1n) is 8.31.